The number of likely N-dealkylation sites (tertiary alicyclic amines) is 1. The zero-order valence-corrected chi connectivity index (χ0v) is 13.3. The number of fused-ring (bicyclic) bond motifs is 1. The van der Waals surface area contributed by atoms with Gasteiger partial charge in [0.15, 0.2) is 0 Å². The third kappa shape index (κ3) is 2.77. The summed E-state index contributed by atoms with van der Waals surface area (Å²) in [6.07, 6.45) is 4.86. The zero-order chi connectivity index (χ0) is 14.3. The zero-order valence-electron chi connectivity index (χ0n) is 13.3. The molecular formula is C16H28N4. The Kier molecular flexibility index (Phi) is 3.63. The van der Waals surface area contributed by atoms with Crippen molar-refractivity contribution >= 4 is 0 Å². The molecule has 3 heterocycles. The fraction of sp³-hybridized carbons (Fsp3) is 0.812. The molecule has 4 nitrogen and oxygen atoms in total. The molecule has 0 aliphatic carbocycles. The predicted octanol–water partition coefficient (Wildman–Crippen LogP) is 1.90. The van der Waals surface area contributed by atoms with E-state index in [1.54, 1.807) is 0 Å². The van der Waals surface area contributed by atoms with E-state index >= 15 is 0 Å². The molecule has 1 N–H and O–H groups in total. The van der Waals surface area contributed by atoms with E-state index < -0.39 is 0 Å². The van der Waals surface area contributed by atoms with Gasteiger partial charge in [-0.05, 0) is 31.8 Å². The van der Waals surface area contributed by atoms with Gasteiger partial charge < -0.3 is 5.32 Å². The second-order valence-corrected chi connectivity index (χ2v) is 7.56. The average Bonchev–Trinajstić information content (AvgIpc) is 2.94. The van der Waals surface area contributed by atoms with Crippen LogP contribution in [0.25, 0.3) is 0 Å². The molecule has 2 unspecified atom stereocenters. The number of nitrogens with one attached hydrogen (secondary N) is 1. The first-order chi connectivity index (χ1) is 9.43. The van der Waals surface area contributed by atoms with E-state index in [1.165, 1.54) is 43.7 Å². The molecule has 2 fully saturated rings. The van der Waals surface area contributed by atoms with Crippen molar-refractivity contribution in [2.24, 2.45) is 13.0 Å². The Morgan fingerprint density at radius 2 is 2.15 bits per heavy atom. The Morgan fingerprint density at radius 1 is 1.35 bits per heavy atom. The van der Waals surface area contributed by atoms with Crippen molar-refractivity contribution < 1.29 is 0 Å². The van der Waals surface area contributed by atoms with Gasteiger partial charge in [-0.25, -0.2) is 0 Å². The van der Waals surface area contributed by atoms with Crippen molar-refractivity contribution in [1.29, 1.82) is 0 Å². The van der Waals surface area contributed by atoms with Crippen molar-refractivity contribution in [1.82, 2.24) is 20.0 Å². The Hall–Kier alpha value is -0.870. The normalized spacial score (nSPS) is 27.8. The van der Waals surface area contributed by atoms with Crippen LogP contribution in [0, 0.1) is 5.92 Å². The first-order valence-corrected chi connectivity index (χ1v) is 7.92. The first kappa shape index (κ1) is 14.1. The van der Waals surface area contributed by atoms with Crippen LogP contribution in [0.15, 0.2) is 6.20 Å². The lowest BCUT2D eigenvalue weighted by atomic mass is 9.88. The number of rotatable bonds is 2. The van der Waals surface area contributed by atoms with Crippen LogP contribution in [0.5, 0.6) is 0 Å². The van der Waals surface area contributed by atoms with E-state index in [4.69, 9.17) is 5.10 Å². The van der Waals surface area contributed by atoms with E-state index in [0.717, 1.165) is 18.5 Å². The topological polar surface area (TPSA) is 33.1 Å². The summed E-state index contributed by atoms with van der Waals surface area (Å²) in [5, 5.41) is 8.33. The molecule has 2 saturated heterocycles. The monoisotopic (exact) mass is 276 g/mol. The highest BCUT2D eigenvalue weighted by atomic mass is 15.3. The molecule has 2 aliphatic heterocycles. The Morgan fingerprint density at radius 3 is 2.90 bits per heavy atom. The maximum Gasteiger partial charge on any atom is 0.0722 e. The van der Waals surface area contributed by atoms with Crippen LogP contribution in [-0.4, -0.2) is 40.4 Å². The standard InChI is InChI=1S/C16H28N4/c1-16(2,3)15-13(9-19(4)18-15)11-20-8-6-14-12(10-20)5-7-17-14/h9,12,14,17H,5-8,10-11H2,1-4H3. The van der Waals surface area contributed by atoms with Crippen molar-refractivity contribution in [2.45, 2.75) is 51.6 Å². The van der Waals surface area contributed by atoms with Crippen LogP contribution in [0.4, 0.5) is 0 Å². The van der Waals surface area contributed by atoms with Crippen molar-refractivity contribution in [3.8, 4) is 0 Å². The first-order valence-electron chi connectivity index (χ1n) is 7.92. The van der Waals surface area contributed by atoms with Gasteiger partial charge in [0.1, 0.15) is 0 Å². The van der Waals surface area contributed by atoms with Gasteiger partial charge in [-0.15, -0.1) is 0 Å². The maximum atomic E-state index is 4.69. The molecule has 1 aromatic rings. The summed E-state index contributed by atoms with van der Waals surface area (Å²) in [5.41, 5.74) is 2.79. The van der Waals surface area contributed by atoms with E-state index in [1.807, 2.05) is 11.7 Å². The molecule has 0 amide bonds. The van der Waals surface area contributed by atoms with Crippen molar-refractivity contribution in [3.05, 3.63) is 17.5 Å². The summed E-state index contributed by atoms with van der Waals surface area (Å²) in [6, 6.07) is 0.780. The number of piperidine rings is 1. The van der Waals surface area contributed by atoms with Crippen molar-refractivity contribution in [2.75, 3.05) is 19.6 Å². The molecule has 20 heavy (non-hydrogen) atoms. The maximum absolute atomic E-state index is 4.69. The van der Waals surface area contributed by atoms with Gasteiger partial charge in [0.25, 0.3) is 0 Å². The van der Waals surface area contributed by atoms with Gasteiger partial charge in [0.2, 0.25) is 0 Å². The average molecular weight is 276 g/mol. The van der Waals surface area contributed by atoms with Crippen molar-refractivity contribution in [3.63, 3.8) is 0 Å². The Labute approximate surface area is 122 Å². The molecule has 0 bridgehead atoms. The number of aryl methyl sites for hydroxylation is 1. The van der Waals surface area contributed by atoms with Gasteiger partial charge in [0, 0.05) is 43.4 Å². The molecule has 0 radical (unpaired) electrons. The van der Waals surface area contributed by atoms with Gasteiger partial charge in [-0.2, -0.15) is 5.10 Å². The molecule has 0 aromatic carbocycles. The SMILES string of the molecule is Cn1cc(CN2CCC3NCCC3C2)c(C(C)(C)C)n1. The van der Waals surface area contributed by atoms with Gasteiger partial charge in [-0.3, -0.25) is 9.58 Å². The predicted molar refractivity (Wildman–Crippen MR) is 81.7 cm³/mol. The van der Waals surface area contributed by atoms with E-state index in [9.17, 15) is 0 Å². The Bertz CT molecular complexity index is 471. The summed E-state index contributed by atoms with van der Waals surface area (Å²) < 4.78 is 1.97. The molecule has 4 heteroatoms. The lowest BCUT2D eigenvalue weighted by Gasteiger charge is -2.35. The molecule has 2 aliphatic rings. The summed E-state index contributed by atoms with van der Waals surface area (Å²) in [6.45, 7) is 11.5. The highest BCUT2D eigenvalue weighted by Crippen LogP contribution is 2.28. The molecule has 0 saturated carbocycles. The minimum atomic E-state index is 0.129. The van der Waals surface area contributed by atoms with Gasteiger partial charge in [0.05, 0.1) is 5.69 Å². The number of hydrogen-bond acceptors (Lipinski definition) is 3. The van der Waals surface area contributed by atoms with E-state index in [0.29, 0.717) is 0 Å². The molecule has 1 aromatic heterocycles. The fourth-order valence-corrected chi connectivity index (χ4v) is 3.79. The van der Waals surface area contributed by atoms with Gasteiger partial charge >= 0.3 is 0 Å². The summed E-state index contributed by atoms with van der Waals surface area (Å²) >= 11 is 0. The smallest absolute Gasteiger partial charge is 0.0722 e. The number of nitrogens with zero attached hydrogens (tertiary/aromatic N) is 3. The third-order valence-electron chi connectivity index (χ3n) is 4.75. The van der Waals surface area contributed by atoms with Crippen LogP contribution in [0.1, 0.15) is 44.9 Å². The minimum Gasteiger partial charge on any atom is -0.314 e. The largest absolute Gasteiger partial charge is 0.314 e. The molecule has 0 spiro atoms. The number of aromatic nitrogens is 2. The minimum absolute atomic E-state index is 0.129. The summed E-state index contributed by atoms with van der Waals surface area (Å²) in [4.78, 5) is 2.63. The molecular weight excluding hydrogens is 248 g/mol. The highest BCUT2D eigenvalue weighted by molar-refractivity contribution is 5.24. The fourth-order valence-electron chi connectivity index (χ4n) is 3.79. The second-order valence-electron chi connectivity index (χ2n) is 7.56. The van der Waals surface area contributed by atoms with Crippen LogP contribution in [-0.2, 0) is 19.0 Å². The quantitative estimate of drug-likeness (QED) is 0.895. The summed E-state index contributed by atoms with van der Waals surface area (Å²) in [7, 11) is 2.03. The molecule has 112 valence electrons. The second kappa shape index (κ2) is 5.15. The summed E-state index contributed by atoms with van der Waals surface area (Å²) in [5.74, 6) is 0.860. The lowest BCUT2D eigenvalue weighted by molar-refractivity contribution is 0.155. The molecule has 2 atom stereocenters. The molecule has 3 rings (SSSR count). The lowest BCUT2D eigenvalue weighted by Crippen LogP contribution is -2.44. The van der Waals surface area contributed by atoms with E-state index in [2.05, 4.69) is 37.2 Å². The van der Waals surface area contributed by atoms with Crippen LogP contribution in [0.3, 0.4) is 0 Å². The Balaban J connectivity index is 1.72. The van der Waals surface area contributed by atoms with Crippen LogP contribution < -0.4 is 5.32 Å². The third-order valence-corrected chi connectivity index (χ3v) is 4.75. The van der Waals surface area contributed by atoms with E-state index in [-0.39, 0.29) is 5.41 Å². The number of hydrogen-bond donors (Lipinski definition) is 1. The van der Waals surface area contributed by atoms with Crippen LogP contribution in [0.2, 0.25) is 0 Å². The van der Waals surface area contributed by atoms with Crippen LogP contribution >= 0.6 is 0 Å². The highest BCUT2D eigenvalue weighted by Gasteiger charge is 2.33. The van der Waals surface area contributed by atoms with Gasteiger partial charge in [-0.1, -0.05) is 20.8 Å².